The number of hydrogen-bond acceptors (Lipinski definition) is 0. The van der Waals surface area contributed by atoms with Crippen molar-refractivity contribution in [2.45, 2.75) is 0 Å². The molecule has 0 amide bonds. The Labute approximate surface area is 74.0 Å². The van der Waals surface area contributed by atoms with Gasteiger partial charge in [0.15, 0.2) is 0 Å². The van der Waals surface area contributed by atoms with Gasteiger partial charge in [-0.2, -0.15) is 0 Å². The first-order chi connectivity index (χ1) is 5.97. The van der Waals surface area contributed by atoms with E-state index >= 15 is 0 Å². The summed E-state index contributed by atoms with van der Waals surface area (Å²) >= 11 is 0. The van der Waals surface area contributed by atoms with Gasteiger partial charge in [0, 0.05) is 1.43 Å². The molecule has 0 heteroatoms. The molecule has 0 aliphatic heterocycles. The molecule has 60 valence electrons. The van der Waals surface area contributed by atoms with Crippen LogP contribution < -0.4 is 0 Å². The van der Waals surface area contributed by atoms with E-state index in [1.54, 1.807) is 0 Å². The summed E-state index contributed by atoms with van der Waals surface area (Å²) in [5.74, 6) is 0. The summed E-state index contributed by atoms with van der Waals surface area (Å²) in [4.78, 5) is 0. The molecular weight excluding hydrogens is 144 g/mol. The summed E-state index contributed by atoms with van der Waals surface area (Å²) < 4.78 is 0. The van der Waals surface area contributed by atoms with Gasteiger partial charge in [0.1, 0.15) is 0 Å². The first kappa shape index (κ1) is 7.11. The van der Waals surface area contributed by atoms with Crippen LogP contribution >= 0.6 is 0 Å². The highest BCUT2D eigenvalue weighted by atomic mass is 14.0. The molecule has 0 aromatic heterocycles. The fourth-order valence-electron chi connectivity index (χ4n) is 1.26. The van der Waals surface area contributed by atoms with Gasteiger partial charge in [0.25, 0.3) is 0 Å². The smallest absolute Gasteiger partial charge is 0 e. The van der Waals surface area contributed by atoms with Crippen LogP contribution in [0.1, 0.15) is 1.43 Å². The quantitative estimate of drug-likeness (QED) is 0.593. The summed E-state index contributed by atoms with van der Waals surface area (Å²) in [6.07, 6.45) is 0. The van der Waals surface area contributed by atoms with E-state index in [0.29, 0.717) is 0 Å². The maximum Gasteiger partial charge on any atom is 0 e. The van der Waals surface area contributed by atoms with E-state index in [1.807, 2.05) is 12.1 Å². The molecule has 0 fully saturated rings. The Kier molecular flexibility index (Phi) is 1.91. The summed E-state index contributed by atoms with van der Waals surface area (Å²) in [6.45, 7) is 0. The monoisotopic (exact) mass is 157 g/mol. The van der Waals surface area contributed by atoms with Gasteiger partial charge in [0.05, 0.1) is 0 Å². The highest BCUT2D eigenvalue weighted by Crippen LogP contribution is 2.17. The third-order valence-electron chi connectivity index (χ3n) is 1.88. The molecule has 0 unspecified atom stereocenters. The van der Waals surface area contributed by atoms with Crippen molar-refractivity contribution in [2.75, 3.05) is 0 Å². The van der Waals surface area contributed by atoms with Gasteiger partial charge in [-0.15, -0.1) is 0 Å². The van der Waals surface area contributed by atoms with Gasteiger partial charge in [-0.3, -0.25) is 0 Å². The van der Waals surface area contributed by atoms with E-state index in [4.69, 9.17) is 0 Å². The van der Waals surface area contributed by atoms with Crippen LogP contribution in [0.3, 0.4) is 0 Å². The summed E-state index contributed by atoms with van der Waals surface area (Å²) in [5, 5.41) is 0. The van der Waals surface area contributed by atoms with Crippen LogP contribution in [-0.2, 0) is 0 Å². The second-order valence-electron chi connectivity index (χ2n) is 2.73. The molecule has 0 bridgehead atoms. The van der Waals surface area contributed by atoms with E-state index in [9.17, 15) is 0 Å². The topological polar surface area (TPSA) is 0 Å². The first-order valence-electron chi connectivity index (χ1n) is 4.07. The van der Waals surface area contributed by atoms with Crippen LogP contribution in [-0.4, -0.2) is 0 Å². The van der Waals surface area contributed by atoms with Crippen LogP contribution in [0.15, 0.2) is 60.7 Å². The minimum atomic E-state index is 0. The highest BCUT2D eigenvalue weighted by Gasteiger charge is 1.91. The SMILES string of the molecule is [2HH].c1ccc(-c2ccccc2)cc1. The Morgan fingerprint density at radius 1 is 0.500 bits per heavy atom. The first-order valence-corrected chi connectivity index (χ1v) is 4.07. The zero-order valence-corrected chi connectivity index (χ0v) is 6.77. The Hall–Kier alpha value is -1.56. The Morgan fingerprint density at radius 3 is 1.17 bits per heavy atom. The van der Waals surface area contributed by atoms with E-state index < -0.39 is 0 Å². The second-order valence-corrected chi connectivity index (χ2v) is 2.73. The van der Waals surface area contributed by atoms with Crippen LogP contribution in [0.25, 0.3) is 11.1 Å². The molecule has 2 rings (SSSR count). The van der Waals surface area contributed by atoms with Crippen LogP contribution in [0, 0.1) is 0 Å². The van der Waals surface area contributed by atoms with Crippen molar-refractivity contribution in [1.29, 1.82) is 0 Å². The summed E-state index contributed by atoms with van der Waals surface area (Å²) in [7, 11) is 0. The van der Waals surface area contributed by atoms with Crippen LogP contribution in [0.5, 0.6) is 0 Å². The lowest BCUT2D eigenvalue weighted by atomic mass is 10.1. The molecule has 2 aromatic rings. The molecule has 0 aliphatic carbocycles. The summed E-state index contributed by atoms with van der Waals surface area (Å²) in [6, 6.07) is 20.8. The van der Waals surface area contributed by atoms with Gasteiger partial charge in [-0.05, 0) is 11.1 Å². The average molecular weight is 157 g/mol. The maximum atomic E-state index is 2.12. The molecule has 2 aromatic carbocycles. The molecule has 0 saturated heterocycles. The van der Waals surface area contributed by atoms with Crippen LogP contribution in [0.4, 0.5) is 0 Å². The normalized spacial score (nSPS) is 9.67. The number of hydrogen-bond donors (Lipinski definition) is 0. The largest absolute Gasteiger partial charge is 0.0622 e. The molecule has 0 N–H and O–H groups in total. The van der Waals surface area contributed by atoms with Gasteiger partial charge in [-0.1, -0.05) is 60.7 Å². The van der Waals surface area contributed by atoms with Crippen molar-refractivity contribution in [3.05, 3.63) is 60.7 Å². The molecule has 12 heavy (non-hydrogen) atoms. The third-order valence-corrected chi connectivity index (χ3v) is 1.88. The molecule has 0 nitrogen and oxygen atoms in total. The third kappa shape index (κ3) is 1.37. The van der Waals surface area contributed by atoms with Crippen molar-refractivity contribution >= 4 is 0 Å². The minimum Gasteiger partial charge on any atom is -0.0622 e. The van der Waals surface area contributed by atoms with E-state index in [1.165, 1.54) is 11.1 Å². The molecule has 0 radical (unpaired) electrons. The van der Waals surface area contributed by atoms with E-state index in [-0.39, 0.29) is 1.43 Å². The highest BCUT2D eigenvalue weighted by molar-refractivity contribution is 5.62. The van der Waals surface area contributed by atoms with Gasteiger partial charge >= 0.3 is 0 Å². The average Bonchev–Trinajstić information content (AvgIpc) is 2.21. The summed E-state index contributed by atoms with van der Waals surface area (Å²) in [5.41, 5.74) is 2.55. The Balaban J connectivity index is 0.000000845. The van der Waals surface area contributed by atoms with Crippen molar-refractivity contribution in [3.63, 3.8) is 0 Å². The maximum absolute atomic E-state index is 2.12. The van der Waals surface area contributed by atoms with Crippen molar-refractivity contribution < 1.29 is 1.43 Å². The Morgan fingerprint density at radius 2 is 0.833 bits per heavy atom. The predicted octanol–water partition coefficient (Wildman–Crippen LogP) is 3.60. The van der Waals surface area contributed by atoms with Gasteiger partial charge < -0.3 is 0 Å². The minimum absolute atomic E-state index is 0. The molecular formula is C12H12. The molecule has 0 saturated carbocycles. The standard InChI is InChI=1S/C12H10.H2/c1-3-7-11(8-4-1)12-9-5-2-6-10-12;/h1-10H;1H/i;1+1. The Bertz CT molecular complexity index is 303. The lowest BCUT2D eigenvalue weighted by Gasteiger charge is -1.98. The lowest BCUT2D eigenvalue weighted by molar-refractivity contribution is 1.62. The zero-order valence-electron chi connectivity index (χ0n) is 6.77. The predicted molar refractivity (Wildman–Crippen MR) is 54.0 cm³/mol. The van der Waals surface area contributed by atoms with E-state index in [2.05, 4.69) is 48.5 Å². The number of benzene rings is 2. The van der Waals surface area contributed by atoms with Crippen molar-refractivity contribution in [3.8, 4) is 11.1 Å². The lowest BCUT2D eigenvalue weighted by Crippen LogP contribution is -1.73. The molecule has 0 atom stereocenters. The molecule has 0 heterocycles. The zero-order chi connectivity index (χ0) is 8.23. The second kappa shape index (κ2) is 3.22. The van der Waals surface area contributed by atoms with Crippen molar-refractivity contribution in [1.82, 2.24) is 0 Å². The fourth-order valence-corrected chi connectivity index (χ4v) is 1.26. The molecule has 0 aliphatic rings. The van der Waals surface area contributed by atoms with Crippen molar-refractivity contribution in [2.24, 2.45) is 0 Å². The van der Waals surface area contributed by atoms with Gasteiger partial charge in [-0.25, -0.2) is 0 Å². The van der Waals surface area contributed by atoms with Gasteiger partial charge in [0.2, 0.25) is 0 Å². The number of rotatable bonds is 1. The van der Waals surface area contributed by atoms with Crippen LogP contribution in [0.2, 0.25) is 0 Å². The van der Waals surface area contributed by atoms with E-state index in [0.717, 1.165) is 0 Å². The fraction of sp³-hybridized carbons (Fsp3) is 0. The molecule has 0 spiro atoms.